The molecule has 0 N–H and O–H groups in total. The van der Waals surface area contributed by atoms with Gasteiger partial charge in [0.15, 0.2) is 0 Å². The fourth-order valence-electron chi connectivity index (χ4n) is 2.95. The highest BCUT2D eigenvalue weighted by Gasteiger charge is 2.14. The van der Waals surface area contributed by atoms with E-state index in [-0.39, 0.29) is 0 Å². The number of aryl methyl sites for hydroxylation is 1. The molecule has 0 radical (unpaired) electrons. The van der Waals surface area contributed by atoms with Crippen LogP contribution >= 0.6 is 0 Å². The summed E-state index contributed by atoms with van der Waals surface area (Å²) in [5.41, 5.74) is 6.27. The highest BCUT2D eigenvalue weighted by Crippen LogP contribution is 2.32. The summed E-state index contributed by atoms with van der Waals surface area (Å²) in [4.78, 5) is 0. The highest BCUT2D eigenvalue weighted by atomic mass is 15.0. The van der Waals surface area contributed by atoms with Crippen LogP contribution in [0, 0.1) is 13.8 Å². The number of aromatic nitrogens is 1. The van der Waals surface area contributed by atoms with E-state index in [1.54, 1.807) is 0 Å². The van der Waals surface area contributed by atoms with Crippen molar-refractivity contribution in [2.45, 2.75) is 13.8 Å². The van der Waals surface area contributed by atoms with E-state index in [4.69, 9.17) is 0 Å². The summed E-state index contributed by atoms with van der Waals surface area (Å²) in [6.07, 6.45) is 5.98. The first-order chi connectivity index (χ1) is 10.2. The van der Waals surface area contributed by atoms with E-state index < -0.39 is 0 Å². The molecule has 0 bridgehead atoms. The van der Waals surface area contributed by atoms with Crippen LogP contribution in [-0.4, -0.2) is 4.57 Å². The Labute approximate surface area is 125 Å². The van der Waals surface area contributed by atoms with Crippen LogP contribution in [0.15, 0.2) is 67.3 Å². The predicted molar refractivity (Wildman–Crippen MR) is 92.0 cm³/mol. The standard InChI is InChI=1S/C20H19N/c1-4-5-13-18-16(3)21(17-11-7-6-8-12-17)19-14-9-10-15(2)20(18)19/h4-14H,1H2,2-3H3/b13-5-. The Kier molecular flexibility index (Phi) is 3.49. The van der Waals surface area contributed by atoms with Gasteiger partial charge in [-0.1, -0.05) is 55.1 Å². The second-order valence-electron chi connectivity index (χ2n) is 5.23. The zero-order valence-corrected chi connectivity index (χ0v) is 12.5. The molecule has 1 aromatic heterocycles. The van der Waals surface area contributed by atoms with Crippen LogP contribution in [0.4, 0.5) is 0 Å². The van der Waals surface area contributed by atoms with Crippen LogP contribution in [0.2, 0.25) is 0 Å². The van der Waals surface area contributed by atoms with Crippen molar-refractivity contribution < 1.29 is 0 Å². The van der Waals surface area contributed by atoms with Crippen molar-refractivity contribution in [2.24, 2.45) is 0 Å². The number of fused-ring (bicyclic) bond motifs is 1. The zero-order valence-electron chi connectivity index (χ0n) is 12.5. The molecule has 104 valence electrons. The number of benzene rings is 2. The highest BCUT2D eigenvalue weighted by molar-refractivity contribution is 5.95. The first-order valence-electron chi connectivity index (χ1n) is 7.19. The molecule has 1 heteroatoms. The smallest absolute Gasteiger partial charge is 0.0540 e. The minimum Gasteiger partial charge on any atom is -0.313 e. The molecule has 21 heavy (non-hydrogen) atoms. The Balaban J connectivity index is 2.41. The predicted octanol–water partition coefficient (Wildman–Crippen LogP) is 5.45. The molecule has 2 aromatic carbocycles. The molecule has 0 fully saturated rings. The lowest BCUT2D eigenvalue weighted by molar-refractivity contribution is 1.05. The second-order valence-corrected chi connectivity index (χ2v) is 5.23. The SMILES string of the molecule is C=C/C=C\c1c(C)n(-c2ccccc2)c2cccc(C)c12. The van der Waals surface area contributed by atoms with Crippen molar-refractivity contribution in [1.29, 1.82) is 0 Å². The lowest BCUT2D eigenvalue weighted by atomic mass is 10.1. The molecule has 0 aliphatic heterocycles. The maximum Gasteiger partial charge on any atom is 0.0540 e. The number of hydrogen-bond acceptors (Lipinski definition) is 0. The molecule has 0 aliphatic carbocycles. The second kappa shape index (κ2) is 5.45. The van der Waals surface area contributed by atoms with Gasteiger partial charge < -0.3 is 4.57 Å². The normalized spacial score (nSPS) is 11.3. The summed E-state index contributed by atoms with van der Waals surface area (Å²) in [6, 6.07) is 17.0. The van der Waals surface area contributed by atoms with Crippen molar-refractivity contribution in [1.82, 2.24) is 4.57 Å². The summed E-state index contributed by atoms with van der Waals surface area (Å²) in [5.74, 6) is 0. The van der Waals surface area contributed by atoms with Crippen LogP contribution < -0.4 is 0 Å². The van der Waals surface area contributed by atoms with Gasteiger partial charge in [-0.15, -0.1) is 0 Å². The molecule has 0 saturated carbocycles. The minimum atomic E-state index is 1.20. The van der Waals surface area contributed by atoms with Crippen molar-refractivity contribution in [3.8, 4) is 5.69 Å². The quantitative estimate of drug-likeness (QED) is 0.559. The summed E-state index contributed by atoms with van der Waals surface area (Å²) in [7, 11) is 0. The molecule has 0 saturated heterocycles. The maximum atomic E-state index is 3.78. The average molecular weight is 273 g/mol. The number of allylic oxidation sites excluding steroid dienone is 2. The van der Waals surface area contributed by atoms with E-state index in [1.165, 1.54) is 33.4 Å². The molecule has 0 atom stereocenters. The van der Waals surface area contributed by atoms with E-state index in [2.05, 4.69) is 73.5 Å². The van der Waals surface area contributed by atoms with Gasteiger partial charge in [0.05, 0.1) is 5.52 Å². The third-order valence-corrected chi connectivity index (χ3v) is 3.90. The maximum absolute atomic E-state index is 3.78. The lowest BCUT2D eigenvalue weighted by Gasteiger charge is -2.08. The summed E-state index contributed by atoms with van der Waals surface area (Å²) in [5, 5.41) is 1.32. The monoisotopic (exact) mass is 273 g/mol. The van der Waals surface area contributed by atoms with Gasteiger partial charge in [0.25, 0.3) is 0 Å². The van der Waals surface area contributed by atoms with Gasteiger partial charge >= 0.3 is 0 Å². The molecular formula is C20H19N. The fourth-order valence-corrected chi connectivity index (χ4v) is 2.95. The molecule has 1 heterocycles. The summed E-state index contributed by atoms with van der Waals surface area (Å²) < 4.78 is 2.32. The van der Waals surface area contributed by atoms with Gasteiger partial charge in [0.2, 0.25) is 0 Å². The molecular weight excluding hydrogens is 254 g/mol. The largest absolute Gasteiger partial charge is 0.313 e. The first kappa shape index (κ1) is 13.4. The van der Waals surface area contributed by atoms with Crippen LogP contribution in [0.5, 0.6) is 0 Å². The zero-order chi connectivity index (χ0) is 14.8. The number of hydrogen-bond donors (Lipinski definition) is 0. The van der Waals surface area contributed by atoms with E-state index in [0.29, 0.717) is 0 Å². The third kappa shape index (κ3) is 2.21. The number of nitrogens with zero attached hydrogens (tertiary/aromatic N) is 1. The Morgan fingerprint density at radius 1 is 0.952 bits per heavy atom. The molecule has 0 spiro atoms. The van der Waals surface area contributed by atoms with Gasteiger partial charge in [0, 0.05) is 22.3 Å². The van der Waals surface area contributed by atoms with Crippen LogP contribution in [0.1, 0.15) is 16.8 Å². The topological polar surface area (TPSA) is 4.93 Å². The fraction of sp³-hybridized carbons (Fsp3) is 0.100. The summed E-state index contributed by atoms with van der Waals surface area (Å²) >= 11 is 0. The van der Waals surface area contributed by atoms with Crippen LogP contribution in [0.3, 0.4) is 0 Å². The molecule has 0 unspecified atom stereocenters. The van der Waals surface area contributed by atoms with E-state index >= 15 is 0 Å². The van der Waals surface area contributed by atoms with E-state index in [1.807, 2.05) is 18.2 Å². The molecule has 1 nitrogen and oxygen atoms in total. The summed E-state index contributed by atoms with van der Waals surface area (Å²) in [6.45, 7) is 8.12. The van der Waals surface area contributed by atoms with Gasteiger partial charge in [-0.25, -0.2) is 0 Å². The lowest BCUT2D eigenvalue weighted by Crippen LogP contribution is -1.96. The molecule has 3 rings (SSSR count). The average Bonchev–Trinajstić information content (AvgIpc) is 2.79. The van der Waals surface area contributed by atoms with E-state index in [9.17, 15) is 0 Å². The number of para-hydroxylation sites is 1. The van der Waals surface area contributed by atoms with Crippen molar-refractivity contribution >= 4 is 17.0 Å². The molecule has 0 amide bonds. The van der Waals surface area contributed by atoms with Gasteiger partial charge in [-0.2, -0.15) is 0 Å². The van der Waals surface area contributed by atoms with Crippen molar-refractivity contribution in [2.75, 3.05) is 0 Å². The van der Waals surface area contributed by atoms with Gasteiger partial charge in [-0.3, -0.25) is 0 Å². The molecule has 3 aromatic rings. The van der Waals surface area contributed by atoms with Gasteiger partial charge in [-0.05, 0) is 37.6 Å². The Morgan fingerprint density at radius 3 is 2.43 bits per heavy atom. The number of rotatable bonds is 3. The van der Waals surface area contributed by atoms with E-state index in [0.717, 1.165) is 0 Å². The Morgan fingerprint density at radius 2 is 1.71 bits per heavy atom. The Hall–Kier alpha value is -2.54. The first-order valence-corrected chi connectivity index (χ1v) is 7.19. The van der Waals surface area contributed by atoms with Crippen molar-refractivity contribution in [3.05, 3.63) is 84.1 Å². The van der Waals surface area contributed by atoms with Crippen molar-refractivity contribution in [3.63, 3.8) is 0 Å². The third-order valence-electron chi connectivity index (χ3n) is 3.90. The minimum absolute atomic E-state index is 1.20. The molecule has 0 aliphatic rings. The van der Waals surface area contributed by atoms with Crippen LogP contribution in [-0.2, 0) is 0 Å². The van der Waals surface area contributed by atoms with Gasteiger partial charge in [0.1, 0.15) is 0 Å². The van der Waals surface area contributed by atoms with Crippen LogP contribution in [0.25, 0.3) is 22.7 Å². The Bertz CT molecular complexity index is 820.